The first-order chi connectivity index (χ1) is 9.69. The van der Waals surface area contributed by atoms with Gasteiger partial charge in [-0.1, -0.05) is 0 Å². The van der Waals surface area contributed by atoms with Crippen molar-refractivity contribution in [2.75, 3.05) is 19.8 Å². The lowest BCUT2D eigenvalue weighted by molar-refractivity contribution is -0.132. The summed E-state index contributed by atoms with van der Waals surface area (Å²) in [5, 5.41) is 4.93. The van der Waals surface area contributed by atoms with E-state index in [2.05, 4.69) is 5.32 Å². The molecule has 6 heteroatoms. The second-order valence-electron chi connectivity index (χ2n) is 5.10. The van der Waals surface area contributed by atoms with Gasteiger partial charge in [-0.15, -0.1) is 11.3 Å². The molecule has 2 aliphatic rings. The van der Waals surface area contributed by atoms with Gasteiger partial charge in [0.25, 0.3) is 5.91 Å². The SMILES string of the molecule is CCOCCN1C(=O)N[C@]2(CCCc3sccc32)C1=O. The highest BCUT2D eigenvalue weighted by Gasteiger charge is 2.54. The summed E-state index contributed by atoms with van der Waals surface area (Å²) in [6.45, 7) is 3.19. The average molecular weight is 294 g/mol. The summed E-state index contributed by atoms with van der Waals surface area (Å²) in [7, 11) is 0. The van der Waals surface area contributed by atoms with Gasteiger partial charge in [-0.3, -0.25) is 9.69 Å². The van der Waals surface area contributed by atoms with Gasteiger partial charge in [0.2, 0.25) is 0 Å². The van der Waals surface area contributed by atoms with E-state index in [0.29, 0.717) is 26.2 Å². The van der Waals surface area contributed by atoms with Gasteiger partial charge in [-0.05, 0) is 37.6 Å². The number of urea groups is 1. The highest BCUT2D eigenvalue weighted by Crippen LogP contribution is 2.41. The molecule has 0 unspecified atom stereocenters. The predicted molar refractivity (Wildman–Crippen MR) is 75.7 cm³/mol. The number of amides is 3. The third-order valence-corrected chi connectivity index (χ3v) is 4.98. The Balaban J connectivity index is 1.87. The number of carbonyl (C=O) groups excluding carboxylic acids is 2. The minimum Gasteiger partial charge on any atom is -0.380 e. The molecule has 2 heterocycles. The summed E-state index contributed by atoms with van der Waals surface area (Å²) in [6.07, 6.45) is 2.61. The molecule has 5 nitrogen and oxygen atoms in total. The van der Waals surface area contributed by atoms with E-state index in [0.717, 1.165) is 18.4 Å². The molecule has 1 spiro atoms. The number of rotatable bonds is 4. The topological polar surface area (TPSA) is 58.6 Å². The molecule has 3 amide bonds. The largest absolute Gasteiger partial charge is 0.380 e. The van der Waals surface area contributed by atoms with Crippen molar-refractivity contribution >= 4 is 23.3 Å². The molecule has 1 saturated heterocycles. The molecule has 0 saturated carbocycles. The zero-order valence-electron chi connectivity index (χ0n) is 11.5. The van der Waals surface area contributed by atoms with Crippen LogP contribution in [0.2, 0.25) is 0 Å². The number of aryl methyl sites for hydroxylation is 1. The Bertz CT molecular complexity index is 542. The number of fused-ring (bicyclic) bond motifs is 2. The van der Waals surface area contributed by atoms with E-state index in [-0.39, 0.29) is 11.9 Å². The second-order valence-corrected chi connectivity index (χ2v) is 6.10. The normalized spacial score (nSPS) is 25.1. The number of ether oxygens (including phenoxy) is 1. The summed E-state index contributed by atoms with van der Waals surface area (Å²) in [5.74, 6) is -0.124. The third-order valence-electron chi connectivity index (χ3n) is 4.00. The van der Waals surface area contributed by atoms with Crippen molar-refractivity contribution in [1.29, 1.82) is 0 Å². The van der Waals surface area contributed by atoms with E-state index in [1.807, 2.05) is 18.4 Å². The second kappa shape index (κ2) is 5.18. The van der Waals surface area contributed by atoms with Crippen molar-refractivity contribution in [3.63, 3.8) is 0 Å². The zero-order valence-corrected chi connectivity index (χ0v) is 12.3. The highest BCUT2D eigenvalue weighted by molar-refractivity contribution is 7.10. The molecule has 1 aromatic rings. The number of hydrogen-bond donors (Lipinski definition) is 1. The molecule has 3 rings (SSSR count). The number of hydrogen-bond acceptors (Lipinski definition) is 4. The van der Waals surface area contributed by atoms with Crippen LogP contribution in [-0.2, 0) is 21.5 Å². The van der Waals surface area contributed by atoms with Crippen molar-refractivity contribution in [2.45, 2.75) is 31.7 Å². The van der Waals surface area contributed by atoms with Gasteiger partial charge in [-0.25, -0.2) is 4.79 Å². The summed E-state index contributed by atoms with van der Waals surface area (Å²) in [6, 6.07) is 1.68. The van der Waals surface area contributed by atoms with E-state index < -0.39 is 5.54 Å². The lowest BCUT2D eigenvalue weighted by atomic mass is 9.80. The van der Waals surface area contributed by atoms with Gasteiger partial charge in [-0.2, -0.15) is 0 Å². The van der Waals surface area contributed by atoms with Crippen LogP contribution < -0.4 is 5.32 Å². The van der Waals surface area contributed by atoms with Gasteiger partial charge in [0.1, 0.15) is 5.54 Å². The van der Waals surface area contributed by atoms with Gasteiger partial charge in [0.05, 0.1) is 13.2 Å². The van der Waals surface area contributed by atoms with Crippen LogP contribution in [0.3, 0.4) is 0 Å². The smallest absolute Gasteiger partial charge is 0.325 e. The van der Waals surface area contributed by atoms with Crippen LogP contribution in [0.1, 0.15) is 30.2 Å². The Morgan fingerprint density at radius 3 is 3.15 bits per heavy atom. The summed E-state index contributed by atoms with van der Waals surface area (Å²) >= 11 is 1.67. The maximum absolute atomic E-state index is 12.7. The monoisotopic (exact) mass is 294 g/mol. The molecule has 0 radical (unpaired) electrons. The van der Waals surface area contributed by atoms with Crippen LogP contribution in [-0.4, -0.2) is 36.6 Å². The average Bonchev–Trinajstić information content (AvgIpc) is 2.99. The minimum atomic E-state index is -0.823. The molecule has 20 heavy (non-hydrogen) atoms. The highest BCUT2D eigenvalue weighted by atomic mass is 32.1. The van der Waals surface area contributed by atoms with Crippen molar-refractivity contribution in [3.8, 4) is 0 Å². The van der Waals surface area contributed by atoms with E-state index in [1.165, 1.54) is 9.78 Å². The van der Waals surface area contributed by atoms with E-state index in [1.54, 1.807) is 11.3 Å². The number of nitrogens with one attached hydrogen (secondary N) is 1. The van der Waals surface area contributed by atoms with Gasteiger partial charge in [0.15, 0.2) is 0 Å². The quantitative estimate of drug-likeness (QED) is 0.681. The molecule has 0 bridgehead atoms. The van der Waals surface area contributed by atoms with Gasteiger partial charge in [0, 0.05) is 17.0 Å². The molecule has 1 atom stereocenters. The molecule has 1 fully saturated rings. The number of thiophene rings is 1. The Morgan fingerprint density at radius 2 is 2.35 bits per heavy atom. The fraction of sp³-hybridized carbons (Fsp3) is 0.571. The Kier molecular flexibility index (Phi) is 3.52. The Hall–Kier alpha value is -1.40. The first-order valence-corrected chi connectivity index (χ1v) is 7.85. The van der Waals surface area contributed by atoms with E-state index in [9.17, 15) is 9.59 Å². The van der Waals surface area contributed by atoms with Crippen molar-refractivity contribution in [2.24, 2.45) is 0 Å². The Labute approximate surface area is 121 Å². The van der Waals surface area contributed by atoms with Crippen molar-refractivity contribution in [3.05, 3.63) is 21.9 Å². The molecule has 1 aliphatic heterocycles. The minimum absolute atomic E-state index is 0.124. The van der Waals surface area contributed by atoms with Crippen molar-refractivity contribution in [1.82, 2.24) is 10.2 Å². The van der Waals surface area contributed by atoms with Gasteiger partial charge >= 0.3 is 6.03 Å². The van der Waals surface area contributed by atoms with Crippen LogP contribution in [0.5, 0.6) is 0 Å². The van der Waals surface area contributed by atoms with E-state index >= 15 is 0 Å². The summed E-state index contributed by atoms with van der Waals surface area (Å²) in [4.78, 5) is 27.4. The van der Waals surface area contributed by atoms with Crippen LogP contribution >= 0.6 is 11.3 Å². The van der Waals surface area contributed by atoms with Crippen molar-refractivity contribution < 1.29 is 14.3 Å². The fourth-order valence-corrected chi connectivity index (χ4v) is 4.04. The third kappa shape index (κ3) is 1.94. The molecule has 0 aromatic carbocycles. The molecule has 1 aromatic heterocycles. The number of carbonyl (C=O) groups is 2. The fourth-order valence-electron chi connectivity index (χ4n) is 3.04. The number of imide groups is 1. The first kappa shape index (κ1) is 13.6. The molecule has 108 valence electrons. The molecule has 1 N–H and O–H groups in total. The molecular weight excluding hydrogens is 276 g/mol. The number of nitrogens with zero attached hydrogens (tertiary/aromatic N) is 1. The van der Waals surface area contributed by atoms with Gasteiger partial charge < -0.3 is 10.1 Å². The van der Waals surface area contributed by atoms with Crippen LogP contribution in [0.15, 0.2) is 11.4 Å². The lowest BCUT2D eigenvalue weighted by Crippen LogP contribution is -2.46. The van der Waals surface area contributed by atoms with Crippen LogP contribution in [0.25, 0.3) is 0 Å². The Morgan fingerprint density at radius 1 is 1.50 bits per heavy atom. The maximum atomic E-state index is 12.7. The zero-order chi connectivity index (χ0) is 14.2. The first-order valence-electron chi connectivity index (χ1n) is 6.98. The summed E-state index contributed by atoms with van der Waals surface area (Å²) in [5.41, 5.74) is 0.169. The molecular formula is C14H18N2O3S. The van der Waals surface area contributed by atoms with E-state index in [4.69, 9.17) is 4.74 Å². The van der Waals surface area contributed by atoms with Crippen LogP contribution in [0.4, 0.5) is 4.79 Å². The predicted octanol–water partition coefficient (Wildman–Crippen LogP) is 1.87. The van der Waals surface area contributed by atoms with Crippen LogP contribution in [0, 0.1) is 0 Å². The maximum Gasteiger partial charge on any atom is 0.325 e. The lowest BCUT2D eigenvalue weighted by Gasteiger charge is -2.31. The summed E-state index contributed by atoms with van der Waals surface area (Å²) < 4.78 is 5.25. The standard InChI is InChI=1S/C14H18N2O3S/c1-2-19-8-7-16-12(17)14(15-13(16)18)6-3-4-11-10(14)5-9-20-11/h5,9H,2-4,6-8H2,1H3,(H,15,18)/t14-/m0/s1. The molecule has 1 aliphatic carbocycles.